The highest BCUT2D eigenvalue weighted by atomic mass is 32.2. The number of benzene rings is 1. The number of nitrogens with two attached hydrogens (primary N) is 1. The van der Waals surface area contributed by atoms with E-state index in [-0.39, 0.29) is 22.6 Å². The molecule has 0 aromatic heterocycles. The Balaban J connectivity index is 3.10. The van der Waals surface area contributed by atoms with Crippen molar-refractivity contribution in [1.29, 1.82) is 0 Å². The van der Waals surface area contributed by atoms with Crippen LogP contribution in [0.2, 0.25) is 0 Å². The Morgan fingerprint density at radius 1 is 1.29 bits per heavy atom. The molecular formula is C12H16F4N2O2S. The molecule has 0 bridgehead atoms. The van der Waals surface area contributed by atoms with E-state index in [4.69, 9.17) is 5.73 Å². The number of aryl methyl sites for hydroxylation is 1. The van der Waals surface area contributed by atoms with E-state index in [1.165, 1.54) is 6.92 Å². The lowest BCUT2D eigenvalue weighted by molar-refractivity contribution is -0.135. The van der Waals surface area contributed by atoms with Crippen LogP contribution in [-0.2, 0) is 16.6 Å². The molecule has 9 heteroatoms. The normalized spacial score (nSPS) is 13.0. The molecule has 21 heavy (non-hydrogen) atoms. The topological polar surface area (TPSA) is 63.4 Å². The zero-order chi connectivity index (χ0) is 16.4. The number of nitrogens with zero attached hydrogens (tertiary/aromatic N) is 1. The second kappa shape index (κ2) is 6.29. The molecule has 0 saturated carbocycles. The molecule has 0 radical (unpaired) electrons. The van der Waals surface area contributed by atoms with Gasteiger partial charge in [0.2, 0.25) is 10.0 Å². The maximum Gasteiger partial charge on any atom is 0.390 e. The van der Waals surface area contributed by atoms with Gasteiger partial charge in [-0.2, -0.15) is 13.2 Å². The van der Waals surface area contributed by atoms with E-state index >= 15 is 0 Å². The van der Waals surface area contributed by atoms with Gasteiger partial charge < -0.3 is 5.73 Å². The van der Waals surface area contributed by atoms with Crippen LogP contribution in [0, 0.1) is 12.7 Å². The summed E-state index contributed by atoms with van der Waals surface area (Å²) in [6.07, 6.45) is -5.71. The molecular weight excluding hydrogens is 312 g/mol. The molecule has 0 unspecified atom stereocenters. The predicted octanol–water partition coefficient (Wildman–Crippen LogP) is 2.17. The van der Waals surface area contributed by atoms with Gasteiger partial charge in [-0.3, -0.25) is 0 Å². The second-order valence-electron chi connectivity index (χ2n) is 4.61. The Hall–Kier alpha value is -1.19. The highest BCUT2D eigenvalue weighted by Crippen LogP contribution is 2.24. The molecule has 120 valence electrons. The number of sulfonamides is 1. The predicted molar refractivity (Wildman–Crippen MR) is 69.5 cm³/mol. The fourth-order valence-electron chi connectivity index (χ4n) is 1.69. The van der Waals surface area contributed by atoms with Crippen molar-refractivity contribution in [2.24, 2.45) is 5.73 Å². The van der Waals surface area contributed by atoms with Crippen molar-refractivity contribution >= 4 is 10.0 Å². The van der Waals surface area contributed by atoms with E-state index in [1.54, 1.807) is 0 Å². The zero-order valence-corrected chi connectivity index (χ0v) is 12.4. The molecule has 1 aromatic rings. The Bertz CT molecular complexity index is 614. The third kappa shape index (κ3) is 4.39. The van der Waals surface area contributed by atoms with Gasteiger partial charge in [-0.15, -0.1) is 0 Å². The van der Waals surface area contributed by atoms with Crippen molar-refractivity contribution in [3.05, 3.63) is 29.1 Å². The van der Waals surface area contributed by atoms with Gasteiger partial charge in [0, 0.05) is 25.7 Å². The lowest BCUT2D eigenvalue weighted by atomic mass is 10.1. The van der Waals surface area contributed by atoms with Gasteiger partial charge in [0.15, 0.2) is 0 Å². The highest BCUT2D eigenvalue weighted by Gasteiger charge is 2.30. The van der Waals surface area contributed by atoms with Crippen LogP contribution in [0.1, 0.15) is 17.5 Å². The van der Waals surface area contributed by atoms with Gasteiger partial charge in [0.1, 0.15) is 5.82 Å². The van der Waals surface area contributed by atoms with Gasteiger partial charge in [0.05, 0.1) is 11.3 Å². The summed E-state index contributed by atoms with van der Waals surface area (Å²) in [4.78, 5) is -0.272. The lowest BCUT2D eigenvalue weighted by Crippen LogP contribution is -2.31. The largest absolute Gasteiger partial charge is 0.390 e. The molecule has 2 N–H and O–H groups in total. The average Bonchev–Trinajstić information content (AvgIpc) is 2.37. The van der Waals surface area contributed by atoms with Crippen molar-refractivity contribution in [2.75, 3.05) is 13.6 Å². The van der Waals surface area contributed by atoms with Gasteiger partial charge in [-0.05, 0) is 24.6 Å². The van der Waals surface area contributed by atoms with Crippen molar-refractivity contribution in [3.8, 4) is 0 Å². The molecule has 0 aliphatic heterocycles. The van der Waals surface area contributed by atoms with E-state index < -0.39 is 35.0 Å². The molecule has 0 fully saturated rings. The summed E-state index contributed by atoms with van der Waals surface area (Å²) in [7, 11) is -3.08. The first-order valence-corrected chi connectivity index (χ1v) is 7.45. The van der Waals surface area contributed by atoms with Gasteiger partial charge in [-0.25, -0.2) is 17.1 Å². The van der Waals surface area contributed by atoms with Crippen LogP contribution in [0.4, 0.5) is 17.6 Å². The third-order valence-electron chi connectivity index (χ3n) is 2.94. The average molecular weight is 328 g/mol. The van der Waals surface area contributed by atoms with Crippen LogP contribution < -0.4 is 5.73 Å². The minimum Gasteiger partial charge on any atom is -0.326 e. The maximum atomic E-state index is 13.6. The first kappa shape index (κ1) is 17.9. The Morgan fingerprint density at radius 3 is 2.33 bits per heavy atom. The quantitative estimate of drug-likeness (QED) is 0.843. The Labute approximate surface area is 120 Å². The summed E-state index contributed by atoms with van der Waals surface area (Å²) in [6.45, 7) is 0.450. The van der Waals surface area contributed by atoms with E-state index in [1.807, 2.05) is 0 Å². The SMILES string of the molecule is Cc1cc(S(=O)(=O)N(C)CCC(F)(F)F)cc(CN)c1F. The highest BCUT2D eigenvalue weighted by molar-refractivity contribution is 7.89. The van der Waals surface area contributed by atoms with Gasteiger partial charge >= 0.3 is 6.18 Å². The van der Waals surface area contributed by atoms with Crippen LogP contribution in [-0.4, -0.2) is 32.5 Å². The third-order valence-corrected chi connectivity index (χ3v) is 4.78. The minimum atomic E-state index is -4.45. The number of halogens is 4. The van der Waals surface area contributed by atoms with Crippen LogP contribution in [0.5, 0.6) is 0 Å². The number of alkyl halides is 3. The van der Waals surface area contributed by atoms with E-state index in [0.29, 0.717) is 4.31 Å². The second-order valence-corrected chi connectivity index (χ2v) is 6.65. The summed E-state index contributed by atoms with van der Waals surface area (Å²) in [6, 6.07) is 2.12. The molecule has 0 aliphatic rings. The van der Waals surface area contributed by atoms with E-state index in [2.05, 4.69) is 0 Å². The van der Waals surface area contributed by atoms with E-state index in [9.17, 15) is 26.0 Å². The standard InChI is InChI=1S/C12H16F4N2O2S/c1-8-5-10(6-9(7-17)11(8)13)21(19,20)18(2)4-3-12(14,15)16/h5-6H,3-4,7,17H2,1-2H3. The zero-order valence-electron chi connectivity index (χ0n) is 11.5. The maximum absolute atomic E-state index is 13.6. The minimum absolute atomic E-state index is 0.00204. The van der Waals surface area contributed by atoms with Crippen molar-refractivity contribution in [1.82, 2.24) is 4.31 Å². The summed E-state index contributed by atoms with van der Waals surface area (Å²) >= 11 is 0. The molecule has 0 aliphatic carbocycles. The molecule has 0 heterocycles. The molecule has 0 atom stereocenters. The molecule has 4 nitrogen and oxygen atoms in total. The fourth-order valence-corrected chi connectivity index (χ4v) is 3.00. The lowest BCUT2D eigenvalue weighted by Gasteiger charge is -2.19. The fraction of sp³-hybridized carbons (Fsp3) is 0.500. The van der Waals surface area contributed by atoms with Crippen LogP contribution in [0.15, 0.2) is 17.0 Å². The van der Waals surface area contributed by atoms with E-state index in [0.717, 1.165) is 19.2 Å². The Morgan fingerprint density at radius 2 is 1.86 bits per heavy atom. The first-order chi connectivity index (χ1) is 9.49. The summed E-state index contributed by atoms with van der Waals surface area (Å²) in [5.41, 5.74) is 5.39. The van der Waals surface area contributed by atoms with Gasteiger partial charge in [0.25, 0.3) is 0 Å². The molecule has 1 aromatic carbocycles. The number of hydrogen-bond acceptors (Lipinski definition) is 3. The summed E-state index contributed by atoms with van der Waals surface area (Å²) in [5, 5.41) is 0. The molecule has 0 spiro atoms. The van der Waals surface area contributed by atoms with Crippen molar-refractivity contribution in [2.45, 2.75) is 31.0 Å². The monoisotopic (exact) mass is 328 g/mol. The first-order valence-electron chi connectivity index (χ1n) is 6.01. The van der Waals surface area contributed by atoms with Crippen LogP contribution in [0.3, 0.4) is 0 Å². The Kier molecular flexibility index (Phi) is 5.35. The molecule has 0 amide bonds. The van der Waals surface area contributed by atoms with Crippen LogP contribution >= 0.6 is 0 Å². The van der Waals surface area contributed by atoms with Gasteiger partial charge in [-0.1, -0.05) is 0 Å². The van der Waals surface area contributed by atoms with Crippen molar-refractivity contribution < 1.29 is 26.0 Å². The number of rotatable bonds is 5. The van der Waals surface area contributed by atoms with Crippen molar-refractivity contribution in [3.63, 3.8) is 0 Å². The van der Waals surface area contributed by atoms with Crippen LogP contribution in [0.25, 0.3) is 0 Å². The molecule has 1 rings (SSSR count). The smallest absolute Gasteiger partial charge is 0.326 e. The molecule has 0 saturated heterocycles. The number of hydrogen-bond donors (Lipinski definition) is 1. The summed E-state index contributed by atoms with van der Waals surface area (Å²) < 4.78 is 75.0. The summed E-state index contributed by atoms with van der Waals surface area (Å²) in [5.74, 6) is -0.616.